The second-order valence-corrected chi connectivity index (χ2v) is 11.5. The molecule has 0 aromatic heterocycles. The van der Waals surface area contributed by atoms with Crippen LogP contribution in [0, 0.1) is 0 Å². The largest absolute Gasteiger partial charge is 0.494 e. The van der Waals surface area contributed by atoms with Crippen molar-refractivity contribution in [1.82, 2.24) is 0 Å². The summed E-state index contributed by atoms with van der Waals surface area (Å²) in [7, 11) is 0. The molecular weight excluding hydrogens is 564 g/mol. The Labute approximate surface area is 258 Å². The zero-order valence-electron chi connectivity index (χ0n) is 24.2. The lowest BCUT2D eigenvalue weighted by Crippen LogP contribution is -2.59. The molecule has 0 saturated carbocycles. The van der Waals surface area contributed by atoms with Gasteiger partial charge in [0, 0.05) is 5.02 Å². The van der Waals surface area contributed by atoms with Gasteiger partial charge < -0.3 is 28.8 Å². The van der Waals surface area contributed by atoms with Crippen molar-refractivity contribution in [2.75, 3.05) is 19.8 Å². The Morgan fingerprint density at radius 3 is 2.09 bits per heavy atom. The van der Waals surface area contributed by atoms with Gasteiger partial charge in [0.05, 0.1) is 33.0 Å². The quantitative estimate of drug-likeness (QED) is 0.183. The second-order valence-electron chi connectivity index (χ2n) is 11.1. The number of aliphatic hydroxyl groups is 1. The number of halogens is 1. The summed E-state index contributed by atoms with van der Waals surface area (Å²) in [4.78, 5) is 0. The molecule has 2 aliphatic rings. The standard InChI is InChI=1S/C36H37ClO6/c1-2-39-30-16-13-25(14-17-30)19-29-20-28(15-18-31(29)37)33-34(40-22-26-9-5-3-6-10-26)35(36(24-42-36)32(21-38)43-33)41-23-27-11-7-4-8-12-27/h3-18,20,32-35,38H,2,19,21-24H2,1H3. The summed E-state index contributed by atoms with van der Waals surface area (Å²) < 4.78 is 31.6. The van der Waals surface area contributed by atoms with E-state index in [2.05, 4.69) is 18.2 Å². The second kappa shape index (κ2) is 13.6. The average Bonchev–Trinajstić information content (AvgIpc) is 3.84. The highest BCUT2D eigenvalue weighted by Crippen LogP contribution is 2.49. The molecule has 2 saturated heterocycles. The third-order valence-electron chi connectivity index (χ3n) is 8.16. The van der Waals surface area contributed by atoms with Crippen LogP contribution in [-0.2, 0) is 38.6 Å². The van der Waals surface area contributed by atoms with Crippen LogP contribution in [-0.4, -0.2) is 48.8 Å². The average molecular weight is 601 g/mol. The van der Waals surface area contributed by atoms with Gasteiger partial charge in [0.25, 0.3) is 0 Å². The number of benzene rings is 4. The monoisotopic (exact) mass is 600 g/mol. The Morgan fingerprint density at radius 2 is 1.49 bits per heavy atom. The summed E-state index contributed by atoms with van der Waals surface area (Å²) in [6.45, 7) is 3.59. The van der Waals surface area contributed by atoms with Gasteiger partial charge in [-0.15, -0.1) is 0 Å². The maximum atomic E-state index is 10.4. The molecule has 0 bridgehead atoms. The van der Waals surface area contributed by atoms with E-state index in [-0.39, 0.29) is 6.61 Å². The van der Waals surface area contributed by atoms with E-state index in [1.807, 2.05) is 91.9 Å². The van der Waals surface area contributed by atoms with Gasteiger partial charge in [-0.05, 0) is 59.4 Å². The molecule has 4 aromatic carbocycles. The van der Waals surface area contributed by atoms with Crippen LogP contribution >= 0.6 is 11.6 Å². The fourth-order valence-electron chi connectivity index (χ4n) is 5.82. The lowest BCUT2D eigenvalue weighted by atomic mass is 9.84. The molecule has 1 N–H and O–H groups in total. The van der Waals surface area contributed by atoms with Gasteiger partial charge in [0.15, 0.2) is 0 Å². The summed E-state index contributed by atoms with van der Waals surface area (Å²) in [5.41, 5.74) is 4.31. The van der Waals surface area contributed by atoms with Crippen molar-refractivity contribution in [3.05, 3.63) is 136 Å². The predicted molar refractivity (Wildman–Crippen MR) is 165 cm³/mol. The first-order chi connectivity index (χ1) is 21.1. The summed E-state index contributed by atoms with van der Waals surface area (Å²) in [6.07, 6.45) is -1.43. The van der Waals surface area contributed by atoms with Crippen LogP contribution in [0.5, 0.6) is 5.75 Å². The van der Waals surface area contributed by atoms with E-state index >= 15 is 0 Å². The van der Waals surface area contributed by atoms with Crippen molar-refractivity contribution in [3.8, 4) is 5.75 Å². The smallest absolute Gasteiger partial charge is 0.148 e. The lowest BCUT2D eigenvalue weighted by Gasteiger charge is -2.45. The van der Waals surface area contributed by atoms with Crippen LogP contribution in [0.15, 0.2) is 103 Å². The van der Waals surface area contributed by atoms with Gasteiger partial charge in [0.2, 0.25) is 0 Å². The summed E-state index contributed by atoms with van der Waals surface area (Å²) >= 11 is 6.72. The first kappa shape index (κ1) is 29.8. The van der Waals surface area contributed by atoms with E-state index in [9.17, 15) is 5.11 Å². The number of ether oxygens (including phenoxy) is 5. The minimum Gasteiger partial charge on any atom is -0.494 e. The summed E-state index contributed by atoms with van der Waals surface area (Å²) in [5, 5.41) is 11.1. The van der Waals surface area contributed by atoms with Crippen molar-refractivity contribution in [2.45, 2.75) is 56.6 Å². The Hall–Kier alpha value is -3.23. The third-order valence-corrected chi connectivity index (χ3v) is 8.53. The molecule has 2 heterocycles. The zero-order valence-corrected chi connectivity index (χ0v) is 25.0. The SMILES string of the molecule is CCOc1ccc(Cc2cc(C3OC(CO)C4(CO4)C(OCc4ccccc4)C3OCc3ccccc3)ccc2Cl)cc1. The molecule has 43 heavy (non-hydrogen) atoms. The van der Waals surface area contributed by atoms with Gasteiger partial charge >= 0.3 is 0 Å². The van der Waals surface area contributed by atoms with E-state index in [0.717, 1.165) is 33.6 Å². The van der Waals surface area contributed by atoms with E-state index in [1.54, 1.807) is 0 Å². The van der Waals surface area contributed by atoms with E-state index in [1.165, 1.54) is 0 Å². The van der Waals surface area contributed by atoms with Crippen molar-refractivity contribution in [3.63, 3.8) is 0 Å². The highest BCUT2D eigenvalue weighted by molar-refractivity contribution is 6.31. The van der Waals surface area contributed by atoms with Crippen LogP contribution in [0.25, 0.3) is 0 Å². The third kappa shape index (κ3) is 6.80. The maximum absolute atomic E-state index is 10.4. The number of hydrogen-bond acceptors (Lipinski definition) is 6. The van der Waals surface area contributed by atoms with Crippen LogP contribution < -0.4 is 4.74 Å². The maximum Gasteiger partial charge on any atom is 0.148 e. The van der Waals surface area contributed by atoms with Gasteiger partial charge in [-0.3, -0.25) is 0 Å². The van der Waals surface area contributed by atoms with Gasteiger partial charge in [-0.1, -0.05) is 96.5 Å². The summed E-state index contributed by atoms with van der Waals surface area (Å²) in [5.74, 6) is 0.841. The van der Waals surface area contributed by atoms with E-state index in [4.69, 9.17) is 35.3 Å². The normalized spacial score (nSPS) is 24.6. The topological polar surface area (TPSA) is 69.7 Å². The molecule has 2 fully saturated rings. The summed E-state index contributed by atoms with van der Waals surface area (Å²) in [6, 6.07) is 34.1. The van der Waals surface area contributed by atoms with Gasteiger partial charge in [-0.2, -0.15) is 0 Å². The highest BCUT2D eigenvalue weighted by Gasteiger charge is 2.66. The fraction of sp³-hybridized carbons (Fsp3) is 0.333. The van der Waals surface area contributed by atoms with Crippen LogP contribution in [0.3, 0.4) is 0 Å². The minimum absolute atomic E-state index is 0.195. The van der Waals surface area contributed by atoms with Crippen molar-refractivity contribution in [1.29, 1.82) is 0 Å². The Kier molecular flexibility index (Phi) is 9.43. The molecule has 0 radical (unpaired) electrons. The molecule has 0 aliphatic carbocycles. The number of aliphatic hydroxyl groups excluding tert-OH is 1. The van der Waals surface area contributed by atoms with E-state index < -0.39 is 30.0 Å². The van der Waals surface area contributed by atoms with Crippen molar-refractivity contribution >= 4 is 11.6 Å². The zero-order chi connectivity index (χ0) is 29.6. The molecular formula is C36H37ClO6. The van der Waals surface area contributed by atoms with Gasteiger partial charge in [0.1, 0.15) is 35.8 Å². The first-order valence-electron chi connectivity index (χ1n) is 14.8. The minimum atomic E-state index is -0.779. The first-order valence-corrected chi connectivity index (χ1v) is 15.2. The molecule has 0 amide bonds. The van der Waals surface area contributed by atoms with E-state index in [0.29, 0.717) is 37.9 Å². The molecule has 2 aliphatic heterocycles. The van der Waals surface area contributed by atoms with Gasteiger partial charge in [-0.25, -0.2) is 0 Å². The van der Waals surface area contributed by atoms with Crippen molar-refractivity contribution < 1.29 is 28.8 Å². The molecule has 6 rings (SSSR count). The number of epoxide rings is 1. The Balaban J connectivity index is 1.32. The fourth-order valence-corrected chi connectivity index (χ4v) is 6.01. The highest BCUT2D eigenvalue weighted by atomic mass is 35.5. The molecule has 4 aromatic rings. The Morgan fingerprint density at radius 1 is 0.837 bits per heavy atom. The molecule has 7 heteroatoms. The molecule has 1 spiro atoms. The number of rotatable bonds is 12. The van der Waals surface area contributed by atoms with Crippen LogP contribution in [0.1, 0.15) is 40.8 Å². The molecule has 5 unspecified atom stereocenters. The van der Waals surface area contributed by atoms with Crippen LogP contribution in [0.4, 0.5) is 0 Å². The lowest BCUT2D eigenvalue weighted by molar-refractivity contribution is -0.248. The van der Waals surface area contributed by atoms with Crippen LogP contribution in [0.2, 0.25) is 5.02 Å². The molecule has 5 atom stereocenters. The number of hydrogen-bond donors (Lipinski definition) is 1. The predicted octanol–water partition coefficient (Wildman–Crippen LogP) is 6.70. The van der Waals surface area contributed by atoms with Crippen molar-refractivity contribution in [2.24, 2.45) is 0 Å². The molecule has 6 nitrogen and oxygen atoms in total. The Bertz CT molecular complexity index is 1460. The molecule has 224 valence electrons.